The quantitative estimate of drug-likeness (QED) is 0.576. The largest absolute Gasteiger partial charge is 0.369 e. The van der Waals surface area contributed by atoms with Crippen molar-refractivity contribution in [1.29, 1.82) is 0 Å². The summed E-state index contributed by atoms with van der Waals surface area (Å²) in [5.41, 5.74) is 5.22. The second-order valence-electron chi connectivity index (χ2n) is 3.54. The van der Waals surface area contributed by atoms with E-state index in [1.165, 1.54) is 25.7 Å². The SMILES string of the molecule is NC(=O)C1C2CCCCC21. The molecule has 56 valence electrons. The van der Waals surface area contributed by atoms with Gasteiger partial charge in [-0.2, -0.15) is 0 Å². The van der Waals surface area contributed by atoms with Gasteiger partial charge in [0.25, 0.3) is 0 Å². The summed E-state index contributed by atoms with van der Waals surface area (Å²) in [6.45, 7) is 0. The summed E-state index contributed by atoms with van der Waals surface area (Å²) in [6, 6.07) is 0. The molecular formula is C8H13NO. The molecule has 0 aromatic heterocycles. The van der Waals surface area contributed by atoms with Crippen LogP contribution in [0.5, 0.6) is 0 Å². The van der Waals surface area contributed by atoms with E-state index in [0.717, 1.165) is 0 Å². The van der Waals surface area contributed by atoms with Crippen LogP contribution in [0.3, 0.4) is 0 Å². The van der Waals surface area contributed by atoms with E-state index in [-0.39, 0.29) is 11.8 Å². The molecule has 0 aromatic rings. The minimum Gasteiger partial charge on any atom is -0.369 e. The van der Waals surface area contributed by atoms with Crippen LogP contribution in [-0.4, -0.2) is 5.91 Å². The molecule has 2 rings (SSSR count). The Balaban J connectivity index is 1.99. The van der Waals surface area contributed by atoms with Crippen LogP contribution in [0.15, 0.2) is 0 Å². The van der Waals surface area contributed by atoms with E-state index in [1.807, 2.05) is 0 Å². The van der Waals surface area contributed by atoms with E-state index >= 15 is 0 Å². The summed E-state index contributed by atoms with van der Waals surface area (Å²) in [5.74, 6) is 1.58. The molecule has 2 saturated carbocycles. The Kier molecular flexibility index (Phi) is 1.22. The van der Waals surface area contributed by atoms with Crippen molar-refractivity contribution in [2.24, 2.45) is 23.5 Å². The lowest BCUT2D eigenvalue weighted by molar-refractivity contribution is -0.119. The number of hydrogen-bond acceptors (Lipinski definition) is 1. The van der Waals surface area contributed by atoms with Crippen molar-refractivity contribution >= 4 is 5.91 Å². The van der Waals surface area contributed by atoms with Gasteiger partial charge in [-0.15, -0.1) is 0 Å². The predicted octanol–water partition coefficient (Wildman–Crippen LogP) is 0.908. The van der Waals surface area contributed by atoms with Crippen LogP contribution in [0.2, 0.25) is 0 Å². The van der Waals surface area contributed by atoms with Gasteiger partial charge in [0.1, 0.15) is 0 Å². The molecule has 2 nitrogen and oxygen atoms in total. The highest BCUT2D eigenvalue weighted by Gasteiger charge is 2.53. The third kappa shape index (κ3) is 0.746. The maximum atomic E-state index is 10.8. The molecule has 2 aliphatic carbocycles. The van der Waals surface area contributed by atoms with Crippen molar-refractivity contribution < 1.29 is 4.79 Å². The molecule has 1 amide bonds. The van der Waals surface area contributed by atoms with Gasteiger partial charge in [0, 0.05) is 5.92 Å². The summed E-state index contributed by atoms with van der Waals surface area (Å²) in [6.07, 6.45) is 5.12. The van der Waals surface area contributed by atoms with Gasteiger partial charge in [-0.05, 0) is 24.7 Å². The monoisotopic (exact) mass is 139 g/mol. The zero-order valence-electron chi connectivity index (χ0n) is 6.05. The summed E-state index contributed by atoms with van der Waals surface area (Å²) >= 11 is 0. The summed E-state index contributed by atoms with van der Waals surface area (Å²) < 4.78 is 0. The molecule has 2 atom stereocenters. The van der Waals surface area contributed by atoms with Crippen LogP contribution < -0.4 is 5.73 Å². The zero-order chi connectivity index (χ0) is 7.14. The van der Waals surface area contributed by atoms with E-state index in [1.54, 1.807) is 0 Å². The lowest BCUT2D eigenvalue weighted by Crippen LogP contribution is -2.14. The Morgan fingerprint density at radius 3 is 2.10 bits per heavy atom. The molecule has 0 aromatic carbocycles. The van der Waals surface area contributed by atoms with Crippen molar-refractivity contribution in [2.45, 2.75) is 25.7 Å². The zero-order valence-corrected chi connectivity index (χ0v) is 6.05. The fourth-order valence-electron chi connectivity index (χ4n) is 2.41. The molecule has 0 bridgehead atoms. The number of hydrogen-bond donors (Lipinski definition) is 1. The lowest BCUT2D eigenvalue weighted by atomic mass is 10.0. The van der Waals surface area contributed by atoms with E-state index in [4.69, 9.17) is 5.73 Å². The predicted molar refractivity (Wildman–Crippen MR) is 38.1 cm³/mol. The first-order valence-corrected chi connectivity index (χ1v) is 4.10. The van der Waals surface area contributed by atoms with Crippen LogP contribution in [0.25, 0.3) is 0 Å². The van der Waals surface area contributed by atoms with E-state index in [0.29, 0.717) is 11.8 Å². The van der Waals surface area contributed by atoms with Gasteiger partial charge >= 0.3 is 0 Å². The van der Waals surface area contributed by atoms with Crippen LogP contribution in [0, 0.1) is 17.8 Å². The number of primary amides is 1. The van der Waals surface area contributed by atoms with E-state index in [2.05, 4.69) is 0 Å². The molecule has 2 fully saturated rings. The minimum atomic E-state index is -0.0584. The van der Waals surface area contributed by atoms with Gasteiger partial charge in [-0.25, -0.2) is 0 Å². The van der Waals surface area contributed by atoms with Gasteiger partial charge in [-0.3, -0.25) is 4.79 Å². The smallest absolute Gasteiger partial charge is 0.221 e. The maximum Gasteiger partial charge on any atom is 0.221 e. The average Bonchev–Trinajstić information content (AvgIpc) is 2.60. The summed E-state index contributed by atoms with van der Waals surface area (Å²) in [4.78, 5) is 10.8. The fourth-order valence-corrected chi connectivity index (χ4v) is 2.41. The molecule has 2 unspecified atom stereocenters. The number of rotatable bonds is 1. The number of amides is 1. The van der Waals surface area contributed by atoms with Gasteiger partial charge in [-0.1, -0.05) is 12.8 Å². The third-order valence-corrected chi connectivity index (χ3v) is 2.99. The van der Waals surface area contributed by atoms with Gasteiger partial charge in [0.2, 0.25) is 5.91 Å². The van der Waals surface area contributed by atoms with Crippen LogP contribution in [-0.2, 0) is 4.79 Å². The lowest BCUT2D eigenvalue weighted by Gasteiger charge is -2.04. The second kappa shape index (κ2) is 1.97. The Hall–Kier alpha value is -0.530. The minimum absolute atomic E-state index is 0.0584. The van der Waals surface area contributed by atoms with Crippen molar-refractivity contribution in [3.8, 4) is 0 Å². The first-order chi connectivity index (χ1) is 4.80. The number of carbonyl (C=O) groups is 1. The van der Waals surface area contributed by atoms with Gasteiger partial charge < -0.3 is 5.73 Å². The van der Waals surface area contributed by atoms with Crippen molar-refractivity contribution in [1.82, 2.24) is 0 Å². The Bertz CT molecular complexity index is 155. The van der Waals surface area contributed by atoms with E-state index in [9.17, 15) is 4.79 Å². The summed E-state index contributed by atoms with van der Waals surface area (Å²) in [5, 5.41) is 0. The molecule has 2 aliphatic rings. The molecule has 0 aliphatic heterocycles. The van der Waals surface area contributed by atoms with Crippen LogP contribution >= 0.6 is 0 Å². The van der Waals surface area contributed by atoms with Crippen molar-refractivity contribution in [2.75, 3.05) is 0 Å². The standard InChI is InChI=1S/C8H13NO/c9-8(10)7-5-3-1-2-4-6(5)7/h5-7H,1-4H2,(H2,9,10). The van der Waals surface area contributed by atoms with E-state index < -0.39 is 0 Å². The second-order valence-corrected chi connectivity index (χ2v) is 3.54. The highest BCUT2D eigenvalue weighted by atomic mass is 16.1. The Morgan fingerprint density at radius 2 is 1.70 bits per heavy atom. The first-order valence-electron chi connectivity index (χ1n) is 4.10. The molecule has 10 heavy (non-hydrogen) atoms. The molecule has 0 saturated heterocycles. The molecule has 0 heterocycles. The van der Waals surface area contributed by atoms with Gasteiger partial charge in [0.15, 0.2) is 0 Å². The van der Waals surface area contributed by atoms with Crippen molar-refractivity contribution in [3.05, 3.63) is 0 Å². The number of fused-ring (bicyclic) bond motifs is 1. The maximum absolute atomic E-state index is 10.8. The molecular weight excluding hydrogens is 126 g/mol. The molecule has 0 spiro atoms. The number of nitrogens with two attached hydrogens (primary N) is 1. The topological polar surface area (TPSA) is 43.1 Å². The van der Waals surface area contributed by atoms with Gasteiger partial charge in [0.05, 0.1) is 0 Å². The molecule has 2 N–H and O–H groups in total. The number of carbonyl (C=O) groups excluding carboxylic acids is 1. The molecule has 0 radical (unpaired) electrons. The normalized spacial score (nSPS) is 44.2. The molecule has 2 heteroatoms. The van der Waals surface area contributed by atoms with Crippen LogP contribution in [0.4, 0.5) is 0 Å². The van der Waals surface area contributed by atoms with Crippen molar-refractivity contribution in [3.63, 3.8) is 0 Å². The Labute approximate surface area is 60.8 Å². The summed E-state index contributed by atoms with van der Waals surface area (Å²) in [7, 11) is 0. The fraction of sp³-hybridized carbons (Fsp3) is 0.875. The first kappa shape index (κ1) is 6.20. The van der Waals surface area contributed by atoms with Crippen LogP contribution in [0.1, 0.15) is 25.7 Å². The average molecular weight is 139 g/mol. The third-order valence-electron chi connectivity index (χ3n) is 2.99. The Morgan fingerprint density at radius 1 is 1.20 bits per heavy atom. The highest BCUT2D eigenvalue weighted by Crippen LogP contribution is 2.54. The highest BCUT2D eigenvalue weighted by molar-refractivity contribution is 5.80.